The zero-order valence-electron chi connectivity index (χ0n) is 13.3. The molecule has 2 rings (SSSR count). The Bertz CT molecular complexity index is 629. The molecule has 0 radical (unpaired) electrons. The summed E-state index contributed by atoms with van der Waals surface area (Å²) in [7, 11) is 1.49. The number of hydrogen-bond donors (Lipinski definition) is 2. The predicted molar refractivity (Wildman–Crippen MR) is 92.2 cm³/mol. The molecule has 0 saturated carbocycles. The van der Waals surface area contributed by atoms with E-state index in [9.17, 15) is 9.59 Å². The Morgan fingerprint density at radius 2 is 1.91 bits per heavy atom. The summed E-state index contributed by atoms with van der Waals surface area (Å²) in [6.07, 6.45) is 0. The average Bonchev–Trinajstić information content (AvgIpc) is 3.08. The van der Waals surface area contributed by atoms with Crippen molar-refractivity contribution < 1.29 is 9.59 Å². The number of rotatable bonds is 6. The van der Waals surface area contributed by atoms with Gasteiger partial charge in [0.15, 0.2) is 0 Å². The van der Waals surface area contributed by atoms with Crippen LogP contribution in [0, 0.1) is 0 Å². The van der Waals surface area contributed by atoms with Crippen molar-refractivity contribution in [3.63, 3.8) is 0 Å². The third-order valence-corrected chi connectivity index (χ3v) is 4.40. The van der Waals surface area contributed by atoms with Gasteiger partial charge in [0, 0.05) is 18.5 Å². The molecule has 0 bridgehead atoms. The second-order valence-corrected chi connectivity index (χ2v) is 6.06. The summed E-state index contributed by atoms with van der Waals surface area (Å²) in [5, 5.41) is 6.83. The quantitative estimate of drug-likeness (QED) is 0.855. The van der Waals surface area contributed by atoms with Crippen LogP contribution in [0.25, 0.3) is 0 Å². The minimum Gasteiger partial charge on any atom is -0.341 e. The minimum atomic E-state index is -0.513. The van der Waals surface area contributed by atoms with Gasteiger partial charge in [-0.15, -0.1) is 11.3 Å². The van der Waals surface area contributed by atoms with Crippen molar-refractivity contribution in [2.45, 2.75) is 19.5 Å². The van der Waals surface area contributed by atoms with E-state index in [4.69, 9.17) is 0 Å². The molecule has 0 spiro atoms. The van der Waals surface area contributed by atoms with E-state index in [2.05, 4.69) is 15.5 Å². The third kappa shape index (κ3) is 4.64. The Labute approximate surface area is 140 Å². The van der Waals surface area contributed by atoms with Crippen LogP contribution in [0.1, 0.15) is 23.4 Å². The van der Waals surface area contributed by atoms with Gasteiger partial charge in [-0.1, -0.05) is 43.3 Å². The zero-order chi connectivity index (χ0) is 16.7. The van der Waals surface area contributed by atoms with Gasteiger partial charge in [-0.2, -0.15) is 0 Å². The lowest BCUT2D eigenvalue weighted by Gasteiger charge is -2.29. The third-order valence-electron chi connectivity index (χ3n) is 3.54. The van der Waals surface area contributed by atoms with E-state index in [1.54, 1.807) is 11.3 Å². The van der Waals surface area contributed by atoms with Crippen LogP contribution in [0.3, 0.4) is 0 Å². The normalized spacial score (nSPS) is 12.0. The second-order valence-electron chi connectivity index (χ2n) is 5.02. The van der Waals surface area contributed by atoms with E-state index in [-0.39, 0.29) is 5.91 Å². The smallest absolute Gasteiger partial charge is 0.321 e. The fraction of sp³-hybridized carbons (Fsp3) is 0.294. The Morgan fingerprint density at radius 3 is 2.48 bits per heavy atom. The highest BCUT2D eigenvalue weighted by Gasteiger charge is 2.28. The van der Waals surface area contributed by atoms with E-state index in [1.165, 1.54) is 11.9 Å². The molecule has 0 aliphatic rings. The molecule has 6 heteroatoms. The van der Waals surface area contributed by atoms with Gasteiger partial charge in [-0.3, -0.25) is 15.0 Å². The summed E-state index contributed by atoms with van der Waals surface area (Å²) in [6.45, 7) is 3.37. The van der Waals surface area contributed by atoms with Gasteiger partial charge in [-0.05, 0) is 23.6 Å². The molecule has 0 fully saturated rings. The lowest BCUT2D eigenvalue weighted by molar-refractivity contribution is -0.125. The monoisotopic (exact) mass is 331 g/mol. The molecule has 0 aliphatic carbocycles. The van der Waals surface area contributed by atoms with Crippen molar-refractivity contribution in [1.82, 2.24) is 15.5 Å². The van der Waals surface area contributed by atoms with Gasteiger partial charge in [0.25, 0.3) is 0 Å². The number of carbonyl (C=O) groups excluding carboxylic acids is 2. The zero-order valence-corrected chi connectivity index (χ0v) is 14.1. The van der Waals surface area contributed by atoms with Crippen LogP contribution in [-0.4, -0.2) is 30.4 Å². The summed E-state index contributed by atoms with van der Waals surface area (Å²) in [6, 6.07) is 12.6. The molecule has 0 unspecified atom stereocenters. The Morgan fingerprint density at radius 1 is 1.17 bits per heavy atom. The van der Waals surface area contributed by atoms with Gasteiger partial charge >= 0.3 is 6.03 Å². The number of imide groups is 1. The van der Waals surface area contributed by atoms with Crippen molar-refractivity contribution in [3.05, 3.63) is 58.3 Å². The first-order chi connectivity index (χ1) is 11.2. The number of nitrogens with one attached hydrogen (secondary N) is 2. The van der Waals surface area contributed by atoms with Crippen LogP contribution in [0.2, 0.25) is 0 Å². The molecule has 0 aliphatic heterocycles. The number of hydrogen-bond acceptors (Lipinski definition) is 4. The lowest BCUT2D eigenvalue weighted by atomic mass is 10.0. The molecule has 5 nitrogen and oxygen atoms in total. The van der Waals surface area contributed by atoms with Gasteiger partial charge in [0.1, 0.15) is 6.04 Å². The first-order valence-corrected chi connectivity index (χ1v) is 8.37. The van der Waals surface area contributed by atoms with Crippen molar-refractivity contribution in [2.24, 2.45) is 0 Å². The standard InChI is InChI=1S/C17H21N3O2S/c1-3-20(12-14-10-7-11-23-14)15(13-8-5-4-6-9-13)16(21)19-17(22)18-2/h4-11,15H,3,12H2,1-2H3,(H2,18,19,21,22)/t15-/m1/s1. The predicted octanol–water partition coefficient (Wildman–Crippen LogP) is 2.77. The lowest BCUT2D eigenvalue weighted by Crippen LogP contribution is -2.45. The van der Waals surface area contributed by atoms with Crippen LogP contribution in [0.5, 0.6) is 0 Å². The Hall–Kier alpha value is -2.18. The van der Waals surface area contributed by atoms with Gasteiger partial charge in [-0.25, -0.2) is 4.79 Å². The molecule has 0 saturated heterocycles. The molecule has 122 valence electrons. The number of thiophene rings is 1. The summed E-state index contributed by atoms with van der Waals surface area (Å²) in [5.41, 5.74) is 0.868. The summed E-state index contributed by atoms with van der Waals surface area (Å²) >= 11 is 1.66. The highest BCUT2D eigenvalue weighted by Crippen LogP contribution is 2.24. The fourth-order valence-corrected chi connectivity index (χ4v) is 3.12. The highest BCUT2D eigenvalue weighted by atomic mass is 32.1. The molecule has 1 aromatic carbocycles. The van der Waals surface area contributed by atoms with E-state index in [0.29, 0.717) is 13.1 Å². The number of carbonyl (C=O) groups is 2. The number of amides is 3. The maximum Gasteiger partial charge on any atom is 0.321 e. The molecule has 1 atom stereocenters. The van der Waals surface area contributed by atoms with Crippen molar-refractivity contribution in [2.75, 3.05) is 13.6 Å². The minimum absolute atomic E-state index is 0.325. The van der Waals surface area contributed by atoms with Crippen LogP contribution in [0.4, 0.5) is 4.79 Å². The average molecular weight is 331 g/mol. The molecule has 1 aromatic heterocycles. The maximum atomic E-state index is 12.6. The van der Waals surface area contributed by atoms with Crippen LogP contribution >= 0.6 is 11.3 Å². The molecular formula is C17H21N3O2S. The van der Waals surface area contributed by atoms with Crippen LogP contribution in [0.15, 0.2) is 47.8 Å². The molecule has 3 amide bonds. The maximum absolute atomic E-state index is 12.6. The number of urea groups is 1. The number of benzene rings is 1. The summed E-state index contributed by atoms with van der Waals surface area (Å²) < 4.78 is 0. The highest BCUT2D eigenvalue weighted by molar-refractivity contribution is 7.09. The summed E-state index contributed by atoms with van der Waals surface area (Å²) in [5.74, 6) is -0.325. The Kier molecular flexibility index (Phi) is 6.31. The first kappa shape index (κ1) is 17.2. The first-order valence-electron chi connectivity index (χ1n) is 7.49. The number of likely N-dealkylation sites (N-methyl/N-ethyl adjacent to an activating group) is 1. The van der Waals surface area contributed by atoms with E-state index in [1.807, 2.05) is 54.8 Å². The molecule has 2 aromatic rings. The largest absolute Gasteiger partial charge is 0.341 e. The van der Waals surface area contributed by atoms with Crippen molar-refractivity contribution >= 4 is 23.3 Å². The number of nitrogens with zero attached hydrogens (tertiary/aromatic N) is 1. The van der Waals surface area contributed by atoms with E-state index >= 15 is 0 Å². The second kappa shape index (κ2) is 8.45. The fourth-order valence-electron chi connectivity index (χ4n) is 2.39. The Balaban J connectivity index is 2.27. The van der Waals surface area contributed by atoms with Crippen LogP contribution in [-0.2, 0) is 11.3 Å². The van der Waals surface area contributed by atoms with Crippen molar-refractivity contribution in [1.29, 1.82) is 0 Å². The molecular weight excluding hydrogens is 310 g/mol. The molecule has 23 heavy (non-hydrogen) atoms. The topological polar surface area (TPSA) is 61.4 Å². The molecule has 2 N–H and O–H groups in total. The van der Waals surface area contributed by atoms with E-state index < -0.39 is 12.1 Å². The van der Waals surface area contributed by atoms with Crippen molar-refractivity contribution in [3.8, 4) is 0 Å². The van der Waals surface area contributed by atoms with Crippen LogP contribution < -0.4 is 10.6 Å². The van der Waals surface area contributed by atoms with E-state index in [0.717, 1.165) is 5.56 Å². The SMILES string of the molecule is CCN(Cc1cccs1)[C@@H](C(=O)NC(=O)NC)c1ccccc1. The van der Waals surface area contributed by atoms with Gasteiger partial charge in [0.2, 0.25) is 5.91 Å². The summed E-state index contributed by atoms with van der Waals surface area (Å²) in [4.78, 5) is 27.4. The molecule has 1 heterocycles. The van der Waals surface area contributed by atoms with Gasteiger partial charge < -0.3 is 5.32 Å². The van der Waals surface area contributed by atoms with Gasteiger partial charge in [0.05, 0.1) is 0 Å².